The number of ether oxygens (including phenoxy) is 1. The van der Waals surface area contributed by atoms with Crippen molar-refractivity contribution in [2.24, 2.45) is 0 Å². The molecule has 0 saturated heterocycles. The first-order chi connectivity index (χ1) is 13.6. The third-order valence-corrected chi connectivity index (χ3v) is 4.24. The number of aromatic nitrogens is 3. The molecule has 0 fully saturated rings. The predicted molar refractivity (Wildman–Crippen MR) is 99.3 cm³/mol. The molecule has 0 N–H and O–H groups in total. The molecule has 2 heterocycles. The third kappa shape index (κ3) is 3.57. The lowest BCUT2D eigenvalue weighted by Gasteiger charge is -2.09. The maximum absolute atomic E-state index is 12.2. The molecule has 0 saturated carbocycles. The van der Waals surface area contributed by atoms with Gasteiger partial charge in [0.1, 0.15) is 0 Å². The van der Waals surface area contributed by atoms with Gasteiger partial charge in [-0.3, -0.25) is 9.36 Å². The van der Waals surface area contributed by atoms with Gasteiger partial charge in [-0.05, 0) is 19.1 Å². The lowest BCUT2D eigenvalue weighted by Crippen LogP contribution is -2.18. The van der Waals surface area contributed by atoms with Gasteiger partial charge in [0.15, 0.2) is 11.7 Å². The number of benzene rings is 2. The van der Waals surface area contributed by atoms with E-state index >= 15 is 0 Å². The van der Waals surface area contributed by atoms with Crippen LogP contribution in [0, 0.1) is 0 Å². The zero-order valence-corrected chi connectivity index (χ0v) is 15.1. The van der Waals surface area contributed by atoms with Gasteiger partial charge in [0.05, 0.1) is 11.9 Å². The van der Waals surface area contributed by atoms with Crippen LogP contribution in [0.1, 0.15) is 25.3 Å². The largest absolute Gasteiger partial charge is 0.452 e. The van der Waals surface area contributed by atoms with Crippen LogP contribution in [0.3, 0.4) is 0 Å². The summed E-state index contributed by atoms with van der Waals surface area (Å²) in [7, 11) is 0. The fourth-order valence-electron chi connectivity index (χ4n) is 2.84. The topological polar surface area (TPSA) is 100 Å². The molecule has 0 bridgehead atoms. The van der Waals surface area contributed by atoms with Crippen molar-refractivity contribution in [1.29, 1.82) is 0 Å². The minimum Gasteiger partial charge on any atom is -0.452 e. The summed E-state index contributed by atoms with van der Waals surface area (Å²) in [4.78, 5) is 28.4. The van der Waals surface area contributed by atoms with Crippen LogP contribution in [0.15, 0.2) is 68.3 Å². The Hall–Kier alpha value is -3.68. The first-order valence-electron chi connectivity index (χ1n) is 8.78. The fourth-order valence-corrected chi connectivity index (χ4v) is 2.84. The van der Waals surface area contributed by atoms with Crippen molar-refractivity contribution in [3.8, 4) is 11.4 Å². The predicted octanol–water partition coefficient (Wildman–Crippen LogP) is 3.34. The maximum Gasteiger partial charge on any atom is 0.419 e. The lowest BCUT2D eigenvalue weighted by atomic mass is 10.2. The molecule has 0 aliphatic rings. The van der Waals surface area contributed by atoms with Crippen molar-refractivity contribution < 1.29 is 18.5 Å². The number of esters is 1. The Morgan fingerprint density at radius 2 is 1.89 bits per heavy atom. The second kappa shape index (κ2) is 7.51. The number of aryl methyl sites for hydroxylation is 1. The molecule has 2 aromatic carbocycles. The number of carbonyl (C=O) groups is 1. The van der Waals surface area contributed by atoms with Crippen molar-refractivity contribution in [2.75, 3.05) is 0 Å². The molecular weight excluding hydrogens is 362 g/mol. The summed E-state index contributed by atoms with van der Waals surface area (Å²) in [6.07, 6.45) is -0.691. The third-order valence-electron chi connectivity index (χ3n) is 4.24. The highest BCUT2D eigenvalue weighted by molar-refractivity contribution is 5.73. The summed E-state index contributed by atoms with van der Waals surface area (Å²) in [6, 6.07) is 16.4. The van der Waals surface area contributed by atoms with Crippen LogP contribution in [-0.4, -0.2) is 20.7 Å². The fraction of sp³-hybridized carbons (Fsp3) is 0.200. The lowest BCUT2D eigenvalue weighted by molar-refractivity contribution is -0.150. The average molecular weight is 379 g/mol. The molecule has 28 heavy (non-hydrogen) atoms. The van der Waals surface area contributed by atoms with Gasteiger partial charge >= 0.3 is 11.7 Å². The molecule has 0 aliphatic heterocycles. The Kier molecular flexibility index (Phi) is 4.76. The van der Waals surface area contributed by atoms with Crippen molar-refractivity contribution in [3.63, 3.8) is 0 Å². The smallest absolute Gasteiger partial charge is 0.419 e. The van der Waals surface area contributed by atoms with Gasteiger partial charge in [0, 0.05) is 12.1 Å². The standard InChI is InChI=1S/C20H17N3O5/c1-13(19-21-18(22-28-19)14-7-3-2-4-8-14)26-17(24)11-12-23-15-9-5-6-10-16(15)27-20(23)25/h2-10,13H,11-12H2,1H3/t13-/m0/s1. The van der Waals surface area contributed by atoms with E-state index in [0.717, 1.165) is 5.56 Å². The van der Waals surface area contributed by atoms with E-state index < -0.39 is 17.8 Å². The molecule has 142 valence electrons. The molecule has 1 atom stereocenters. The van der Waals surface area contributed by atoms with Gasteiger partial charge < -0.3 is 13.7 Å². The van der Waals surface area contributed by atoms with Crippen molar-refractivity contribution >= 4 is 17.1 Å². The summed E-state index contributed by atoms with van der Waals surface area (Å²) in [5.41, 5.74) is 1.92. The van der Waals surface area contributed by atoms with E-state index in [2.05, 4.69) is 10.1 Å². The van der Waals surface area contributed by atoms with Crippen LogP contribution < -0.4 is 5.76 Å². The molecule has 4 rings (SSSR count). The highest BCUT2D eigenvalue weighted by Crippen LogP contribution is 2.21. The van der Waals surface area contributed by atoms with Crippen LogP contribution in [0.4, 0.5) is 0 Å². The highest BCUT2D eigenvalue weighted by Gasteiger charge is 2.20. The molecule has 2 aromatic heterocycles. The van der Waals surface area contributed by atoms with Crippen molar-refractivity contribution in [3.05, 3.63) is 71.0 Å². The van der Waals surface area contributed by atoms with Gasteiger partial charge in [0.2, 0.25) is 5.82 Å². The first kappa shape index (κ1) is 17.7. The van der Waals surface area contributed by atoms with Crippen molar-refractivity contribution in [2.45, 2.75) is 26.0 Å². The van der Waals surface area contributed by atoms with Crippen LogP contribution in [-0.2, 0) is 16.1 Å². The van der Waals surface area contributed by atoms with E-state index in [1.54, 1.807) is 31.2 Å². The SMILES string of the molecule is C[C@H](OC(=O)CCn1c(=O)oc2ccccc21)c1nc(-c2ccccc2)no1. The average Bonchev–Trinajstić information content (AvgIpc) is 3.31. The Morgan fingerprint density at radius 3 is 2.71 bits per heavy atom. The Balaban J connectivity index is 1.39. The van der Waals surface area contributed by atoms with E-state index in [1.807, 2.05) is 30.3 Å². The molecule has 0 spiro atoms. The molecule has 8 nitrogen and oxygen atoms in total. The summed E-state index contributed by atoms with van der Waals surface area (Å²) >= 11 is 0. The zero-order valence-electron chi connectivity index (χ0n) is 15.1. The quantitative estimate of drug-likeness (QED) is 0.474. The van der Waals surface area contributed by atoms with E-state index in [0.29, 0.717) is 16.9 Å². The normalized spacial score (nSPS) is 12.2. The molecule has 0 amide bonds. The number of nitrogens with zero attached hydrogens (tertiary/aromatic N) is 3. The molecule has 0 radical (unpaired) electrons. The Labute approximate surface area is 159 Å². The maximum atomic E-state index is 12.2. The number of hydrogen-bond acceptors (Lipinski definition) is 7. The minimum atomic E-state index is -0.699. The van der Waals surface area contributed by atoms with Gasteiger partial charge in [-0.15, -0.1) is 0 Å². The van der Waals surface area contributed by atoms with Gasteiger partial charge in [-0.2, -0.15) is 4.98 Å². The highest BCUT2D eigenvalue weighted by atomic mass is 16.6. The van der Waals surface area contributed by atoms with Crippen LogP contribution in [0.5, 0.6) is 0 Å². The second-order valence-electron chi connectivity index (χ2n) is 6.19. The van der Waals surface area contributed by atoms with Crippen molar-refractivity contribution in [1.82, 2.24) is 14.7 Å². The monoisotopic (exact) mass is 379 g/mol. The Morgan fingerprint density at radius 1 is 1.14 bits per heavy atom. The molecular formula is C20H17N3O5. The number of oxazole rings is 1. The van der Waals surface area contributed by atoms with Crippen LogP contribution in [0.2, 0.25) is 0 Å². The second-order valence-corrected chi connectivity index (χ2v) is 6.19. The van der Waals surface area contributed by atoms with E-state index in [1.165, 1.54) is 4.57 Å². The number of hydrogen-bond donors (Lipinski definition) is 0. The van der Waals surface area contributed by atoms with Gasteiger partial charge in [0.25, 0.3) is 5.89 Å². The van der Waals surface area contributed by atoms with E-state index in [4.69, 9.17) is 13.7 Å². The van der Waals surface area contributed by atoms with Crippen LogP contribution >= 0.6 is 0 Å². The van der Waals surface area contributed by atoms with Crippen LogP contribution in [0.25, 0.3) is 22.5 Å². The molecule has 4 aromatic rings. The zero-order chi connectivity index (χ0) is 19.5. The number of carbonyl (C=O) groups excluding carboxylic acids is 1. The van der Waals surface area contributed by atoms with Gasteiger partial charge in [-0.1, -0.05) is 47.6 Å². The number of para-hydroxylation sites is 2. The summed E-state index contributed by atoms with van der Waals surface area (Å²) in [5.74, 6) is -0.358. The summed E-state index contributed by atoms with van der Waals surface area (Å²) in [5, 5.41) is 3.91. The van der Waals surface area contributed by atoms with E-state index in [9.17, 15) is 9.59 Å². The minimum absolute atomic E-state index is 0.00739. The molecule has 8 heteroatoms. The first-order valence-corrected chi connectivity index (χ1v) is 8.78. The van der Waals surface area contributed by atoms with E-state index in [-0.39, 0.29) is 18.9 Å². The molecule has 0 unspecified atom stereocenters. The Bertz CT molecular complexity index is 1160. The number of fused-ring (bicyclic) bond motifs is 1. The van der Waals surface area contributed by atoms with Gasteiger partial charge in [-0.25, -0.2) is 4.79 Å². The number of rotatable bonds is 6. The molecule has 0 aliphatic carbocycles. The summed E-state index contributed by atoms with van der Waals surface area (Å²) in [6.45, 7) is 1.81. The summed E-state index contributed by atoms with van der Waals surface area (Å²) < 4.78 is 17.1.